The van der Waals surface area contributed by atoms with E-state index in [4.69, 9.17) is 0 Å². The molecule has 5 rings (SSSR count). The summed E-state index contributed by atoms with van der Waals surface area (Å²) in [6.45, 7) is 4.75. The van der Waals surface area contributed by atoms with Gasteiger partial charge in [0.15, 0.2) is 5.65 Å². The molecule has 8 nitrogen and oxygen atoms in total. The van der Waals surface area contributed by atoms with Crippen LogP contribution in [0.25, 0.3) is 5.65 Å². The first-order valence-electron chi connectivity index (χ1n) is 9.36. The maximum atomic E-state index is 12.8. The number of fused-ring (bicyclic) bond motifs is 1. The van der Waals surface area contributed by atoms with Gasteiger partial charge in [-0.2, -0.15) is 5.10 Å². The zero-order valence-corrected chi connectivity index (χ0v) is 15.2. The smallest absolute Gasteiger partial charge is 0.274 e. The predicted molar refractivity (Wildman–Crippen MR) is 99.8 cm³/mol. The lowest BCUT2D eigenvalue weighted by molar-refractivity contribution is 0.0739. The summed E-state index contributed by atoms with van der Waals surface area (Å²) in [6.07, 6.45) is 5.95. The number of nitrogens with zero attached hydrogens (tertiary/aromatic N) is 7. The molecule has 1 saturated heterocycles. The van der Waals surface area contributed by atoms with E-state index in [2.05, 4.69) is 31.0 Å². The minimum absolute atomic E-state index is 0.0377. The molecule has 3 aromatic rings. The van der Waals surface area contributed by atoms with Crippen LogP contribution in [0.5, 0.6) is 0 Å². The second-order valence-corrected chi connectivity index (χ2v) is 7.26. The third kappa shape index (κ3) is 3.11. The number of rotatable bonds is 3. The first-order valence-corrected chi connectivity index (χ1v) is 9.36. The Bertz CT molecular complexity index is 1000. The Kier molecular flexibility index (Phi) is 3.77. The van der Waals surface area contributed by atoms with E-state index in [9.17, 15) is 4.79 Å². The molecular formula is C19H21N7O. The molecule has 27 heavy (non-hydrogen) atoms. The Morgan fingerprint density at radius 2 is 1.93 bits per heavy atom. The van der Waals surface area contributed by atoms with Crippen molar-refractivity contribution in [2.45, 2.75) is 25.7 Å². The Hall–Kier alpha value is -3.03. The molecular weight excluding hydrogens is 342 g/mol. The number of aryl methyl sites for hydroxylation is 1. The van der Waals surface area contributed by atoms with E-state index in [1.54, 1.807) is 16.9 Å². The molecule has 4 heterocycles. The fraction of sp³-hybridized carbons (Fsp3) is 0.421. The maximum Gasteiger partial charge on any atom is 0.274 e. The second-order valence-electron chi connectivity index (χ2n) is 7.26. The second kappa shape index (κ2) is 6.29. The van der Waals surface area contributed by atoms with Crippen molar-refractivity contribution in [1.82, 2.24) is 29.5 Å². The van der Waals surface area contributed by atoms with Gasteiger partial charge in [-0.1, -0.05) is 0 Å². The third-order valence-electron chi connectivity index (χ3n) is 5.22. The van der Waals surface area contributed by atoms with Crippen molar-refractivity contribution in [3.05, 3.63) is 47.8 Å². The Morgan fingerprint density at radius 3 is 2.70 bits per heavy atom. The van der Waals surface area contributed by atoms with Crippen LogP contribution >= 0.6 is 0 Å². The minimum Gasteiger partial charge on any atom is -0.353 e. The van der Waals surface area contributed by atoms with Crippen LogP contribution < -0.4 is 4.90 Å². The molecule has 0 bridgehead atoms. The lowest BCUT2D eigenvalue weighted by Crippen LogP contribution is -2.49. The molecule has 2 fully saturated rings. The zero-order chi connectivity index (χ0) is 18.4. The molecule has 8 heteroatoms. The number of aromatic nitrogens is 5. The minimum atomic E-state index is -0.0377. The van der Waals surface area contributed by atoms with Gasteiger partial charge in [0, 0.05) is 43.9 Å². The van der Waals surface area contributed by atoms with Crippen molar-refractivity contribution in [2.75, 3.05) is 31.1 Å². The summed E-state index contributed by atoms with van der Waals surface area (Å²) in [6, 6.07) is 5.69. The van der Waals surface area contributed by atoms with Gasteiger partial charge >= 0.3 is 0 Å². The SMILES string of the molecule is Cc1cn2nc(C(=O)N3CCN(c4cc(C5CC5)ncn4)CC3)ccc2n1. The largest absolute Gasteiger partial charge is 0.353 e. The molecule has 0 N–H and O–H groups in total. The van der Waals surface area contributed by atoms with Gasteiger partial charge in [-0.15, -0.1) is 0 Å². The maximum absolute atomic E-state index is 12.8. The van der Waals surface area contributed by atoms with E-state index in [0.717, 1.165) is 35.9 Å². The van der Waals surface area contributed by atoms with Gasteiger partial charge in [0.25, 0.3) is 5.91 Å². The summed E-state index contributed by atoms with van der Waals surface area (Å²) in [4.78, 5) is 30.1. The van der Waals surface area contributed by atoms with Crippen LogP contribution in [0, 0.1) is 6.92 Å². The van der Waals surface area contributed by atoms with E-state index < -0.39 is 0 Å². The van der Waals surface area contributed by atoms with Gasteiger partial charge in [0.2, 0.25) is 0 Å². The first-order chi connectivity index (χ1) is 13.2. The third-order valence-corrected chi connectivity index (χ3v) is 5.22. The molecule has 0 radical (unpaired) electrons. The first kappa shape index (κ1) is 16.2. The molecule has 3 aromatic heterocycles. The van der Waals surface area contributed by atoms with Gasteiger partial charge in [-0.05, 0) is 31.9 Å². The highest BCUT2D eigenvalue weighted by Crippen LogP contribution is 2.39. The van der Waals surface area contributed by atoms with Crippen LogP contribution in [-0.2, 0) is 0 Å². The molecule has 1 saturated carbocycles. The van der Waals surface area contributed by atoms with Crippen molar-refractivity contribution in [3.8, 4) is 0 Å². The molecule has 0 unspecified atom stereocenters. The normalized spacial score (nSPS) is 17.5. The highest BCUT2D eigenvalue weighted by atomic mass is 16.2. The molecule has 0 atom stereocenters. The lowest BCUT2D eigenvalue weighted by Gasteiger charge is -2.35. The van der Waals surface area contributed by atoms with Gasteiger partial charge in [-0.3, -0.25) is 4.79 Å². The average molecular weight is 363 g/mol. The number of carbonyl (C=O) groups is 1. The topological polar surface area (TPSA) is 79.5 Å². The highest BCUT2D eigenvalue weighted by Gasteiger charge is 2.27. The monoisotopic (exact) mass is 363 g/mol. The quantitative estimate of drug-likeness (QED) is 0.704. The zero-order valence-electron chi connectivity index (χ0n) is 15.2. The van der Waals surface area contributed by atoms with Gasteiger partial charge in [-0.25, -0.2) is 19.5 Å². The van der Waals surface area contributed by atoms with Crippen LogP contribution in [0.2, 0.25) is 0 Å². The fourth-order valence-corrected chi connectivity index (χ4v) is 3.55. The number of imidazole rings is 1. The number of anilines is 1. The molecule has 0 spiro atoms. The van der Waals surface area contributed by atoms with E-state index in [-0.39, 0.29) is 5.91 Å². The standard InChI is InChI=1S/C19H21N7O/c1-13-11-26-17(22-13)5-4-15(23-26)19(27)25-8-6-24(7-9-25)18-10-16(14-2-3-14)20-12-21-18/h4-5,10-12,14H,2-3,6-9H2,1H3. The Morgan fingerprint density at radius 1 is 1.11 bits per heavy atom. The van der Waals surface area contributed by atoms with Crippen molar-refractivity contribution >= 4 is 17.4 Å². The van der Waals surface area contributed by atoms with Crippen LogP contribution in [0.15, 0.2) is 30.7 Å². The van der Waals surface area contributed by atoms with Crippen molar-refractivity contribution in [1.29, 1.82) is 0 Å². The summed E-state index contributed by atoms with van der Waals surface area (Å²) >= 11 is 0. The number of hydrogen-bond donors (Lipinski definition) is 0. The van der Waals surface area contributed by atoms with Crippen LogP contribution in [-0.4, -0.2) is 61.6 Å². The molecule has 138 valence electrons. The number of carbonyl (C=O) groups excluding carboxylic acids is 1. The number of hydrogen-bond acceptors (Lipinski definition) is 6. The van der Waals surface area contributed by atoms with Gasteiger partial charge in [0.05, 0.1) is 11.9 Å². The molecule has 1 aliphatic heterocycles. The summed E-state index contributed by atoms with van der Waals surface area (Å²) in [5.41, 5.74) is 3.23. The van der Waals surface area contributed by atoms with Crippen molar-refractivity contribution < 1.29 is 4.79 Å². The Balaban J connectivity index is 1.27. The number of piperazine rings is 1. The van der Waals surface area contributed by atoms with Crippen LogP contribution in [0.1, 0.15) is 40.6 Å². The number of amides is 1. The molecule has 0 aromatic carbocycles. The lowest BCUT2D eigenvalue weighted by atomic mass is 10.2. The molecule has 1 amide bonds. The highest BCUT2D eigenvalue weighted by molar-refractivity contribution is 5.92. The summed E-state index contributed by atoms with van der Waals surface area (Å²) in [5.74, 6) is 1.54. The summed E-state index contributed by atoms with van der Waals surface area (Å²) in [5, 5.41) is 4.42. The van der Waals surface area contributed by atoms with E-state index >= 15 is 0 Å². The van der Waals surface area contributed by atoms with E-state index in [0.29, 0.717) is 24.7 Å². The van der Waals surface area contributed by atoms with E-state index in [1.165, 1.54) is 12.8 Å². The molecule has 1 aliphatic carbocycles. The van der Waals surface area contributed by atoms with Gasteiger partial charge < -0.3 is 9.80 Å². The van der Waals surface area contributed by atoms with Crippen LogP contribution in [0.3, 0.4) is 0 Å². The van der Waals surface area contributed by atoms with Crippen LogP contribution in [0.4, 0.5) is 5.82 Å². The average Bonchev–Trinajstić information content (AvgIpc) is 3.48. The fourth-order valence-electron chi connectivity index (χ4n) is 3.55. The van der Waals surface area contributed by atoms with Gasteiger partial charge in [0.1, 0.15) is 17.8 Å². The van der Waals surface area contributed by atoms with E-state index in [1.807, 2.05) is 24.1 Å². The van der Waals surface area contributed by atoms with Crippen molar-refractivity contribution in [3.63, 3.8) is 0 Å². The van der Waals surface area contributed by atoms with Crippen molar-refractivity contribution in [2.24, 2.45) is 0 Å². The molecule has 2 aliphatic rings. The Labute approximate surface area is 156 Å². The summed E-state index contributed by atoms with van der Waals surface area (Å²) in [7, 11) is 0. The predicted octanol–water partition coefficient (Wildman–Crippen LogP) is 1.67. The summed E-state index contributed by atoms with van der Waals surface area (Å²) < 4.78 is 1.67.